The van der Waals surface area contributed by atoms with Gasteiger partial charge in [-0.2, -0.15) is 0 Å². The highest BCUT2D eigenvalue weighted by molar-refractivity contribution is 5.94. The quantitative estimate of drug-likeness (QED) is 0.915. The van der Waals surface area contributed by atoms with Gasteiger partial charge in [0.05, 0.1) is 5.56 Å². The average molecular weight is 284 g/mol. The second kappa shape index (κ2) is 6.65. The first-order valence-electron chi connectivity index (χ1n) is 6.57. The fourth-order valence-electron chi connectivity index (χ4n) is 1.94. The number of amides is 1. The summed E-state index contributed by atoms with van der Waals surface area (Å²) in [5.74, 6) is -1.01. The Morgan fingerprint density at radius 1 is 1.19 bits per heavy atom. The number of pyridine rings is 1. The standard InChI is InChI=1S/C16H16N2O3/c1-18(14-7-5-13(6-8-14)16(20)21)15(19)9-4-12-3-2-10-17-11-12/h2-3,5-8,10-11H,4,9H2,1H3,(H,20,21). The minimum absolute atomic E-state index is 0.0260. The van der Waals surface area contributed by atoms with Gasteiger partial charge in [-0.3, -0.25) is 9.78 Å². The van der Waals surface area contributed by atoms with Crippen molar-refractivity contribution in [3.63, 3.8) is 0 Å². The highest BCUT2D eigenvalue weighted by Gasteiger charge is 2.11. The molecule has 1 N–H and O–H groups in total. The number of anilines is 1. The SMILES string of the molecule is CN(C(=O)CCc1cccnc1)c1ccc(C(=O)O)cc1. The topological polar surface area (TPSA) is 70.5 Å². The van der Waals surface area contributed by atoms with E-state index in [1.165, 1.54) is 17.0 Å². The van der Waals surface area contributed by atoms with Crippen molar-refractivity contribution < 1.29 is 14.7 Å². The van der Waals surface area contributed by atoms with Gasteiger partial charge in [0.2, 0.25) is 5.91 Å². The third-order valence-corrected chi connectivity index (χ3v) is 3.23. The summed E-state index contributed by atoms with van der Waals surface area (Å²) in [6, 6.07) is 10.0. The van der Waals surface area contributed by atoms with Crippen molar-refractivity contribution in [2.75, 3.05) is 11.9 Å². The first-order chi connectivity index (χ1) is 10.1. The molecule has 1 heterocycles. The fourth-order valence-corrected chi connectivity index (χ4v) is 1.94. The summed E-state index contributed by atoms with van der Waals surface area (Å²) in [6.07, 6.45) is 4.45. The van der Waals surface area contributed by atoms with Crippen molar-refractivity contribution in [2.45, 2.75) is 12.8 Å². The van der Waals surface area contributed by atoms with Gasteiger partial charge in [0, 0.05) is 31.5 Å². The molecule has 1 aromatic heterocycles. The van der Waals surface area contributed by atoms with Crippen LogP contribution in [0.3, 0.4) is 0 Å². The van der Waals surface area contributed by atoms with Gasteiger partial charge in [-0.15, -0.1) is 0 Å². The molecule has 0 radical (unpaired) electrons. The third-order valence-electron chi connectivity index (χ3n) is 3.23. The summed E-state index contributed by atoms with van der Waals surface area (Å²) in [5, 5.41) is 8.85. The number of aryl methyl sites for hydroxylation is 1. The van der Waals surface area contributed by atoms with E-state index in [0.717, 1.165) is 5.56 Å². The van der Waals surface area contributed by atoms with Crippen LogP contribution in [0.1, 0.15) is 22.3 Å². The van der Waals surface area contributed by atoms with Gasteiger partial charge < -0.3 is 10.0 Å². The minimum atomic E-state index is -0.980. The molecule has 0 saturated heterocycles. The summed E-state index contributed by atoms with van der Waals surface area (Å²) in [5.41, 5.74) is 1.90. The van der Waals surface area contributed by atoms with Gasteiger partial charge >= 0.3 is 5.97 Å². The second-order valence-electron chi connectivity index (χ2n) is 4.67. The molecule has 0 aliphatic rings. The zero-order chi connectivity index (χ0) is 15.2. The Kier molecular flexibility index (Phi) is 4.66. The summed E-state index contributed by atoms with van der Waals surface area (Å²) in [7, 11) is 1.68. The number of carboxylic acids is 1. The monoisotopic (exact) mass is 284 g/mol. The van der Waals surface area contributed by atoms with Crippen LogP contribution in [0.2, 0.25) is 0 Å². The van der Waals surface area contributed by atoms with E-state index in [-0.39, 0.29) is 11.5 Å². The van der Waals surface area contributed by atoms with E-state index in [1.54, 1.807) is 31.6 Å². The molecule has 5 heteroatoms. The Morgan fingerprint density at radius 3 is 2.48 bits per heavy atom. The minimum Gasteiger partial charge on any atom is -0.478 e. The van der Waals surface area contributed by atoms with E-state index in [4.69, 9.17) is 5.11 Å². The molecule has 1 amide bonds. The van der Waals surface area contributed by atoms with Crippen molar-refractivity contribution in [1.29, 1.82) is 0 Å². The Morgan fingerprint density at radius 2 is 1.90 bits per heavy atom. The average Bonchev–Trinajstić information content (AvgIpc) is 2.53. The zero-order valence-corrected chi connectivity index (χ0v) is 11.7. The molecule has 0 aliphatic carbocycles. The van der Waals surface area contributed by atoms with E-state index in [1.807, 2.05) is 12.1 Å². The van der Waals surface area contributed by atoms with Crippen LogP contribution in [0, 0.1) is 0 Å². The normalized spacial score (nSPS) is 10.1. The van der Waals surface area contributed by atoms with Gasteiger partial charge in [0.25, 0.3) is 0 Å². The summed E-state index contributed by atoms with van der Waals surface area (Å²) in [6.45, 7) is 0. The van der Waals surface area contributed by atoms with Gasteiger partial charge in [0.15, 0.2) is 0 Å². The lowest BCUT2D eigenvalue weighted by molar-refractivity contribution is -0.118. The number of hydrogen-bond acceptors (Lipinski definition) is 3. The molecular formula is C16H16N2O3. The molecule has 0 atom stereocenters. The van der Waals surface area contributed by atoms with Crippen LogP contribution < -0.4 is 4.90 Å². The Labute approximate surface area is 122 Å². The van der Waals surface area contributed by atoms with Gasteiger partial charge in [-0.1, -0.05) is 6.07 Å². The van der Waals surface area contributed by atoms with Crippen LogP contribution in [0.15, 0.2) is 48.8 Å². The number of aromatic nitrogens is 1. The highest BCUT2D eigenvalue weighted by Crippen LogP contribution is 2.15. The predicted molar refractivity (Wildman–Crippen MR) is 79.4 cm³/mol. The fraction of sp³-hybridized carbons (Fsp3) is 0.188. The maximum Gasteiger partial charge on any atom is 0.335 e. The van der Waals surface area contributed by atoms with Gasteiger partial charge in [-0.05, 0) is 42.3 Å². The number of carbonyl (C=O) groups is 2. The molecule has 0 aliphatic heterocycles. The molecule has 21 heavy (non-hydrogen) atoms. The molecule has 0 unspecified atom stereocenters. The summed E-state index contributed by atoms with van der Waals surface area (Å²) < 4.78 is 0. The summed E-state index contributed by atoms with van der Waals surface area (Å²) in [4.78, 5) is 28.5. The first-order valence-corrected chi connectivity index (χ1v) is 6.57. The molecule has 0 spiro atoms. The molecule has 1 aromatic carbocycles. The lowest BCUT2D eigenvalue weighted by Gasteiger charge is -2.17. The Bertz CT molecular complexity index is 624. The number of benzene rings is 1. The van der Waals surface area contributed by atoms with Gasteiger partial charge in [-0.25, -0.2) is 4.79 Å². The molecular weight excluding hydrogens is 268 g/mol. The third kappa shape index (κ3) is 3.89. The lowest BCUT2D eigenvalue weighted by atomic mass is 10.1. The number of aromatic carboxylic acids is 1. The molecule has 2 rings (SSSR count). The smallest absolute Gasteiger partial charge is 0.335 e. The molecule has 0 saturated carbocycles. The van der Waals surface area contributed by atoms with Crippen LogP contribution in [-0.4, -0.2) is 29.0 Å². The number of hydrogen-bond donors (Lipinski definition) is 1. The predicted octanol–water partition coefficient (Wildman–Crippen LogP) is 2.38. The van der Waals surface area contributed by atoms with Gasteiger partial charge in [0.1, 0.15) is 0 Å². The van der Waals surface area contributed by atoms with E-state index < -0.39 is 5.97 Å². The maximum atomic E-state index is 12.1. The van der Waals surface area contributed by atoms with Crippen molar-refractivity contribution in [3.05, 3.63) is 59.9 Å². The molecule has 5 nitrogen and oxygen atoms in total. The first kappa shape index (κ1) is 14.7. The van der Waals surface area contributed by atoms with Crippen LogP contribution in [0.25, 0.3) is 0 Å². The van der Waals surface area contributed by atoms with Crippen molar-refractivity contribution in [2.24, 2.45) is 0 Å². The second-order valence-corrected chi connectivity index (χ2v) is 4.67. The van der Waals surface area contributed by atoms with Crippen molar-refractivity contribution in [3.8, 4) is 0 Å². The number of carbonyl (C=O) groups excluding carboxylic acids is 1. The molecule has 108 valence electrons. The molecule has 0 fully saturated rings. The maximum absolute atomic E-state index is 12.1. The molecule has 2 aromatic rings. The largest absolute Gasteiger partial charge is 0.478 e. The Hall–Kier alpha value is -2.69. The Balaban J connectivity index is 1.97. The van der Waals surface area contributed by atoms with E-state index in [2.05, 4.69) is 4.98 Å². The summed E-state index contributed by atoms with van der Waals surface area (Å²) >= 11 is 0. The number of nitrogens with zero attached hydrogens (tertiary/aromatic N) is 2. The zero-order valence-electron chi connectivity index (χ0n) is 11.7. The number of carboxylic acid groups (broad SMARTS) is 1. The van der Waals surface area contributed by atoms with Crippen LogP contribution in [-0.2, 0) is 11.2 Å². The van der Waals surface area contributed by atoms with Crippen LogP contribution >= 0.6 is 0 Å². The molecule has 0 bridgehead atoms. The van der Waals surface area contributed by atoms with Crippen LogP contribution in [0.4, 0.5) is 5.69 Å². The number of rotatable bonds is 5. The van der Waals surface area contributed by atoms with E-state index in [0.29, 0.717) is 18.5 Å². The van der Waals surface area contributed by atoms with Crippen molar-refractivity contribution in [1.82, 2.24) is 4.98 Å². The highest BCUT2D eigenvalue weighted by atomic mass is 16.4. The lowest BCUT2D eigenvalue weighted by Crippen LogP contribution is -2.26. The van der Waals surface area contributed by atoms with E-state index in [9.17, 15) is 9.59 Å². The van der Waals surface area contributed by atoms with Crippen LogP contribution in [0.5, 0.6) is 0 Å². The van der Waals surface area contributed by atoms with Crippen molar-refractivity contribution >= 4 is 17.6 Å². The van der Waals surface area contributed by atoms with E-state index >= 15 is 0 Å².